The van der Waals surface area contributed by atoms with E-state index < -0.39 is 15.9 Å². The van der Waals surface area contributed by atoms with Crippen molar-refractivity contribution in [3.63, 3.8) is 0 Å². The maximum Gasteiger partial charge on any atom is 0.241 e. The Hall–Kier alpha value is -2.25. The van der Waals surface area contributed by atoms with Gasteiger partial charge in [-0.05, 0) is 47.7 Å². The van der Waals surface area contributed by atoms with Gasteiger partial charge in [-0.25, -0.2) is 8.42 Å². The number of hydrogen-bond acceptors (Lipinski definition) is 4. The highest BCUT2D eigenvalue weighted by atomic mass is 35.5. The van der Waals surface area contributed by atoms with Crippen LogP contribution < -0.4 is 14.4 Å². The normalized spacial score (nSPS) is 11.2. The van der Waals surface area contributed by atoms with Crippen LogP contribution in [0.5, 0.6) is 5.75 Å². The third-order valence-electron chi connectivity index (χ3n) is 4.65. The smallest absolute Gasteiger partial charge is 0.241 e. The zero-order chi connectivity index (χ0) is 21.6. The summed E-state index contributed by atoms with van der Waals surface area (Å²) in [6.07, 6.45) is 2.82. The van der Waals surface area contributed by atoms with Crippen molar-refractivity contribution in [2.75, 3.05) is 24.2 Å². The maximum atomic E-state index is 12.5. The van der Waals surface area contributed by atoms with E-state index in [9.17, 15) is 13.2 Å². The quantitative estimate of drug-likeness (QED) is 0.649. The molecule has 0 aromatic heterocycles. The average Bonchev–Trinajstić information content (AvgIpc) is 2.69. The van der Waals surface area contributed by atoms with Crippen LogP contribution in [-0.2, 0) is 34.2 Å². The number of halogens is 1. The molecule has 0 spiro atoms. The van der Waals surface area contributed by atoms with Crippen molar-refractivity contribution in [2.45, 2.75) is 33.2 Å². The van der Waals surface area contributed by atoms with E-state index in [4.69, 9.17) is 16.3 Å². The van der Waals surface area contributed by atoms with Gasteiger partial charge >= 0.3 is 0 Å². The highest BCUT2D eigenvalue weighted by molar-refractivity contribution is 7.92. The molecule has 2 aromatic rings. The number of ether oxygens (including phenoxy) is 1. The molecule has 0 aliphatic heterocycles. The van der Waals surface area contributed by atoms with Crippen molar-refractivity contribution >= 4 is 33.2 Å². The number of methoxy groups -OCH3 is 1. The van der Waals surface area contributed by atoms with Crippen LogP contribution in [-0.4, -0.2) is 34.2 Å². The highest BCUT2D eigenvalue weighted by Gasteiger charge is 2.22. The van der Waals surface area contributed by atoms with Crippen LogP contribution in [0.3, 0.4) is 0 Å². The van der Waals surface area contributed by atoms with Crippen molar-refractivity contribution in [2.24, 2.45) is 0 Å². The van der Waals surface area contributed by atoms with Gasteiger partial charge in [-0.2, -0.15) is 0 Å². The highest BCUT2D eigenvalue weighted by Crippen LogP contribution is 2.30. The molecular weight excluding hydrogens is 412 g/mol. The number of sulfonamides is 1. The number of amides is 1. The molecule has 0 atom stereocenters. The maximum absolute atomic E-state index is 12.5. The van der Waals surface area contributed by atoms with E-state index in [1.807, 2.05) is 0 Å². The zero-order valence-electron chi connectivity index (χ0n) is 17.2. The summed E-state index contributed by atoms with van der Waals surface area (Å²) in [5, 5.41) is 3.10. The van der Waals surface area contributed by atoms with Crippen molar-refractivity contribution in [1.29, 1.82) is 0 Å². The molecule has 1 amide bonds. The molecule has 0 bridgehead atoms. The van der Waals surface area contributed by atoms with Gasteiger partial charge in [-0.15, -0.1) is 0 Å². The molecule has 0 aliphatic rings. The lowest BCUT2D eigenvalue weighted by Gasteiger charge is -2.22. The summed E-state index contributed by atoms with van der Waals surface area (Å²) < 4.78 is 30.6. The van der Waals surface area contributed by atoms with Gasteiger partial charge in [-0.1, -0.05) is 43.6 Å². The Morgan fingerprint density at radius 2 is 1.83 bits per heavy atom. The molecule has 0 saturated heterocycles. The van der Waals surface area contributed by atoms with Crippen molar-refractivity contribution in [1.82, 2.24) is 5.32 Å². The predicted octanol–water partition coefficient (Wildman–Crippen LogP) is 3.56. The second kappa shape index (κ2) is 9.98. The third kappa shape index (κ3) is 6.11. The number of nitrogens with zero attached hydrogens (tertiary/aromatic N) is 1. The van der Waals surface area contributed by atoms with Crippen LogP contribution in [0.15, 0.2) is 36.4 Å². The lowest BCUT2D eigenvalue weighted by Crippen LogP contribution is -2.40. The summed E-state index contributed by atoms with van der Waals surface area (Å²) >= 11 is 6.12. The number of aryl methyl sites for hydroxylation is 2. The molecule has 2 rings (SSSR count). The number of nitrogens with one attached hydrogen (secondary N) is 1. The Morgan fingerprint density at radius 1 is 1.10 bits per heavy atom. The van der Waals surface area contributed by atoms with E-state index >= 15 is 0 Å². The second-order valence-corrected chi connectivity index (χ2v) is 8.99. The molecule has 0 saturated carbocycles. The Morgan fingerprint density at radius 3 is 2.38 bits per heavy atom. The molecule has 158 valence electrons. The van der Waals surface area contributed by atoms with Crippen LogP contribution in [0.4, 0.5) is 5.69 Å². The topological polar surface area (TPSA) is 75.7 Å². The van der Waals surface area contributed by atoms with Crippen molar-refractivity contribution in [3.8, 4) is 5.75 Å². The van der Waals surface area contributed by atoms with Crippen LogP contribution >= 0.6 is 11.6 Å². The molecule has 0 radical (unpaired) electrons. The number of carbonyl (C=O) groups excluding carboxylic acids is 1. The van der Waals surface area contributed by atoms with E-state index in [-0.39, 0.29) is 11.6 Å². The fraction of sp³-hybridized carbons (Fsp3) is 0.381. The molecular formula is C21H27ClN2O4S. The Balaban J connectivity index is 2.17. The van der Waals surface area contributed by atoms with Crippen LogP contribution in [0.2, 0.25) is 5.02 Å². The van der Waals surface area contributed by atoms with Gasteiger partial charge in [0.1, 0.15) is 12.3 Å². The van der Waals surface area contributed by atoms with Gasteiger partial charge < -0.3 is 10.1 Å². The Bertz CT molecular complexity index is 977. The summed E-state index contributed by atoms with van der Waals surface area (Å²) in [4.78, 5) is 12.5. The number of carbonyl (C=O) groups is 1. The monoisotopic (exact) mass is 438 g/mol. The number of hydrogen-bond donors (Lipinski definition) is 1. The minimum Gasteiger partial charge on any atom is -0.495 e. The van der Waals surface area contributed by atoms with E-state index in [2.05, 4.69) is 37.4 Å². The molecule has 0 fully saturated rings. The zero-order valence-corrected chi connectivity index (χ0v) is 18.7. The minimum absolute atomic E-state index is 0.267. The summed E-state index contributed by atoms with van der Waals surface area (Å²) in [5.41, 5.74) is 3.69. The van der Waals surface area contributed by atoms with Crippen molar-refractivity contribution < 1.29 is 17.9 Å². The van der Waals surface area contributed by atoms with Crippen LogP contribution in [0.25, 0.3) is 0 Å². The lowest BCUT2D eigenvalue weighted by atomic mass is 10.0. The molecule has 0 heterocycles. The third-order valence-corrected chi connectivity index (χ3v) is 6.08. The first-order valence-electron chi connectivity index (χ1n) is 9.38. The number of benzene rings is 2. The summed E-state index contributed by atoms with van der Waals surface area (Å²) in [6, 6.07) is 10.8. The molecule has 0 unspecified atom stereocenters. The second-order valence-electron chi connectivity index (χ2n) is 6.68. The molecule has 8 heteroatoms. The molecule has 2 aromatic carbocycles. The fourth-order valence-electron chi connectivity index (χ4n) is 3.00. The lowest BCUT2D eigenvalue weighted by molar-refractivity contribution is -0.119. The van der Waals surface area contributed by atoms with Gasteiger partial charge in [0.2, 0.25) is 15.9 Å². The number of rotatable bonds is 9. The first kappa shape index (κ1) is 23.0. The minimum atomic E-state index is -3.68. The van der Waals surface area contributed by atoms with E-state index in [1.165, 1.54) is 18.7 Å². The van der Waals surface area contributed by atoms with Gasteiger partial charge in [0.05, 0.1) is 24.1 Å². The average molecular weight is 439 g/mol. The standard InChI is InChI=1S/C21H27ClN2O4S/c1-5-15-7-8-16(6-2)17(11-15)13-23-21(25)14-24(29(4,26)27)18-9-10-20(28-3)19(22)12-18/h7-12H,5-6,13-14H2,1-4H3,(H,23,25). The van der Waals surface area contributed by atoms with Gasteiger partial charge in [-0.3, -0.25) is 9.10 Å². The Kier molecular flexibility index (Phi) is 7.93. The predicted molar refractivity (Wildman–Crippen MR) is 117 cm³/mol. The summed E-state index contributed by atoms with van der Waals surface area (Å²) in [7, 11) is -2.21. The SMILES string of the molecule is CCc1ccc(CC)c(CNC(=O)CN(c2ccc(OC)c(Cl)c2)S(C)(=O)=O)c1. The van der Waals surface area contributed by atoms with E-state index in [0.29, 0.717) is 18.0 Å². The molecule has 29 heavy (non-hydrogen) atoms. The first-order chi connectivity index (χ1) is 13.7. The first-order valence-corrected chi connectivity index (χ1v) is 11.6. The van der Waals surface area contributed by atoms with Crippen LogP contribution in [0, 0.1) is 0 Å². The van der Waals surface area contributed by atoms with Crippen molar-refractivity contribution in [3.05, 3.63) is 58.1 Å². The Labute approximate surface area is 177 Å². The van der Waals surface area contributed by atoms with E-state index in [1.54, 1.807) is 12.1 Å². The van der Waals surface area contributed by atoms with E-state index in [0.717, 1.165) is 34.5 Å². The molecule has 0 aliphatic carbocycles. The van der Waals surface area contributed by atoms with Gasteiger partial charge in [0.15, 0.2) is 0 Å². The fourth-order valence-corrected chi connectivity index (χ4v) is 4.10. The number of anilines is 1. The summed E-state index contributed by atoms with van der Waals surface area (Å²) in [6.45, 7) is 4.14. The van der Waals surface area contributed by atoms with Gasteiger partial charge in [0.25, 0.3) is 0 Å². The largest absolute Gasteiger partial charge is 0.495 e. The van der Waals surface area contributed by atoms with Crippen LogP contribution in [0.1, 0.15) is 30.5 Å². The molecule has 6 nitrogen and oxygen atoms in total. The summed E-state index contributed by atoms with van der Waals surface area (Å²) in [5.74, 6) is 0.0301. The molecule has 1 N–H and O–H groups in total. The van der Waals surface area contributed by atoms with Gasteiger partial charge in [0, 0.05) is 6.54 Å².